The zero-order valence-electron chi connectivity index (χ0n) is 11.9. The molecule has 0 unspecified atom stereocenters. The minimum Gasteiger partial charge on any atom is -0.487 e. The first kappa shape index (κ1) is 13.3. The number of hydrogen-bond donors (Lipinski definition) is 1. The summed E-state index contributed by atoms with van der Waals surface area (Å²) in [5.41, 5.74) is 2.04. The molecule has 1 saturated carbocycles. The van der Waals surface area contributed by atoms with Crippen molar-refractivity contribution in [1.82, 2.24) is 10.3 Å². The minimum absolute atomic E-state index is 0.123. The van der Waals surface area contributed by atoms with Crippen molar-refractivity contribution in [2.45, 2.75) is 65.1 Å². The summed E-state index contributed by atoms with van der Waals surface area (Å²) in [4.78, 5) is 4.37. The topological polar surface area (TPSA) is 34.1 Å². The third kappa shape index (κ3) is 3.70. The Morgan fingerprint density at radius 3 is 2.78 bits per heavy atom. The second kappa shape index (κ2) is 5.27. The molecule has 0 bridgehead atoms. The maximum absolute atomic E-state index is 6.14. The predicted octanol–water partition coefficient (Wildman–Crippen LogP) is 3.21. The van der Waals surface area contributed by atoms with Gasteiger partial charge in [0.1, 0.15) is 11.4 Å². The molecule has 0 amide bonds. The summed E-state index contributed by atoms with van der Waals surface area (Å²) < 4.78 is 6.14. The highest BCUT2D eigenvalue weighted by atomic mass is 16.5. The second-order valence-electron chi connectivity index (χ2n) is 5.80. The van der Waals surface area contributed by atoms with E-state index in [0.717, 1.165) is 30.0 Å². The van der Waals surface area contributed by atoms with Crippen LogP contribution in [0.2, 0.25) is 0 Å². The van der Waals surface area contributed by atoms with Crippen LogP contribution in [0.4, 0.5) is 0 Å². The van der Waals surface area contributed by atoms with E-state index in [9.17, 15) is 0 Å². The van der Waals surface area contributed by atoms with E-state index < -0.39 is 0 Å². The minimum atomic E-state index is -0.123. The van der Waals surface area contributed by atoms with Gasteiger partial charge in [0.15, 0.2) is 0 Å². The first-order valence-electron chi connectivity index (χ1n) is 6.88. The van der Waals surface area contributed by atoms with Crippen LogP contribution >= 0.6 is 0 Å². The van der Waals surface area contributed by atoms with Crippen LogP contribution in [0.15, 0.2) is 12.3 Å². The van der Waals surface area contributed by atoms with E-state index in [2.05, 4.69) is 31.1 Å². The van der Waals surface area contributed by atoms with Crippen LogP contribution in [-0.2, 0) is 6.54 Å². The third-order valence-corrected chi connectivity index (χ3v) is 3.48. The molecule has 1 aliphatic carbocycles. The van der Waals surface area contributed by atoms with Crippen LogP contribution < -0.4 is 10.1 Å². The lowest BCUT2D eigenvalue weighted by Gasteiger charge is -2.26. The molecule has 0 atom stereocenters. The Kier molecular flexibility index (Phi) is 3.91. The van der Waals surface area contributed by atoms with E-state index in [0.29, 0.717) is 6.04 Å². The zero-order chi connectivity index (χ0) is 13.2. The SMILES string of the molecule is CCC(C)(C)Oc1cc(C)ncc1CNC1CC1. The van der Waals surface area contributed by atoms with Crippen LogP contribution in [0.3, 0.4) is 0 Å². The Bertz CT molecular complexity index is 411. The summed E-state index contributed by atoms with van der Waals surface area (Å²) in [6.07, 6.45) is 5.53. The molecule has 1 aromatic heterocycles. The average molecular weight is 248 g/mol. The molecule has 1 heterocycles. The number of nitrogens with zero attached hydrogens (tertiary/aromatic N) is 1. The lowest BCUT2D eigenvalue weighted by atomic mass is 10.1. The molecule has 1 N–H and O–H groups in total. The van der Waals surface area contributed by atoms with Crippen molar-refractivity contribution in [2.24, 2.45) is 0 Å². The van der Waals surface area contributed by atoms with Crippen molar-refractivity contribution < 1.29 is 4.74 Å². The first-order chi connectivity index (χ1) is 8.50. The van der Waals surface area contributed by atoms with Gasteiger partial charge in [-0.2, -0.15) is 0 Å². The number of hydrogen-bond acceptors (Lipinski definition) is 3. The van der Waals surface area contributed by atoms with E-state index in [1.807, 2.05) is 19.2 Å². The van der Waals surface area contributed by atoms with Gasteiger partial charge in [0.2, 0.25) is 0 Å². The van der Waals surface area contributed by atoms with Crippen LogP contribution in [-0.4, -0.2) is 16.6 Å². The highest BCUT2D eigenvalue weighted by Gasteiger charge is 2.22. The van der Waals surface area contributed by atoms with E-state index in [-0.39, 0.29) is 5.60 Å². The Labute approximate surface area is 110 Å². The van der Waals surface area contributed by atoms with Crippen LogP contribution in [0, 0.1) is 6.92 Å². The van der Waals surface area contributed by atoms with Gasteiger partial charge in [-0.05, 0) is 40.0 Å². The highest BCUT2D eigenvalue weighted by Crippen LogP contribution is 2.26. The summed E-state index contributed by atoms with van der Waals surface area (Å²) in [6.45, 7) is 9.26. The maximum atomic E-state index is 6.14. The monoisotopic (exact) mass is 248 g/mol. The van der Waals surface area contributed by atoms with Crippen molar-refractivity contribution in [3.05, 3.63) is 23.5 Å². The van der Waals surface area contributed by atoms with E-state index in [1.54, 1.807) is 0 Å². The number of aryl methyl sites for hydroxylation is 1. The molecule has 1 fully saturated rings. The quantitative estimate of drug-likeness (QED) is 0.839. The second-order valence-corrected chi connectivity index (χ2v) is 5.80. The van der Waals surface area contributed by atoms with Crippen molar-refractivity contribution in [1.29, 1.82) is 0 Å². The van der Waals surface area contributed by atoms with E-state index in [4.69, 9.17) is 4.74 Å². The number of rotatable bonds is 6. The van der Waals surface area contributed by atoms with E-state index in [1.165, 1.54) is 12.8 Å². The van der Waals surface area contributed by atoms with Crippen molar-refractivity contribution in [2.75, 3.05) is 0 Å². The molecule has 1 aliphatic rings. The normalized spacial score (nSPS) is 15.8. The third-order valence-electron chi connectivity index (χ3n) is 3.48. The summed E-state index contributed by atoms with van der Waals surface area (Å²) in [5.74, 6) is 0.975. The number of nitrogens with one attached hydrogen (secondary N) is 1. The van der Waals surface area contributed by atoms with Crippen LogP contribution in [0.1, 0.15) is 51.3 Å². The molecule has 0 spiro atoms. The molecule has 3 heteroatoms. The lowest BCUT2D eigenvalue weighted by molar-refractivity contribution is 0.103. The fourth-order valence-electron chi connectivity index (χ4n) is 1.70. The van der Waals surface area contributed by atoms with Crippen molar-refractivity contribution >= 4 is 0 Å². The van der Waals surface area contributed by atoms with Gasteiger partial charge in [-0.25, -0.2) is 0 Å². The average Bonchev–Trinajstić information content (AvgIpc) is 3.11. The van der Waals surface area contributed by atoms with E-state index >= 15 is 0 Å². The smallest absolute Gasteiger partial charge is 0.127 e. The van der Waals surface area contributed by atoms with Gasteiger partial charge in [0.25, 0.3) is 0 Å². The standard InChI is InChI=1S/C15H24N2O/c1-5-15(3,4)18-14-8-11(2)16-9-12(14)10-17-13-6-7-13/h8-9,13,17H,5-7,10H2,1-4H3. The predicted molar refractivity (Wildman–Crippen MR) is 73.8 cm³/mol. The molecule has 2 rings (SSSR count). The van der Waals surface area contributed by atoms with Crippen molar-refractivity contribution in [3.63, 3.8) is 0 Å². The Balaban J connectivity index is 2.11. The number of ether oxygens (including phenoxy) is 1. The van der Waals surface area contributed by atoms with Gasteiger partial charge < -0.3 is 10.1 Å². The fraction of sp³-hybridized carbons (Fsp3) is 0.667. The zero-order valence-corrected chi connectivity index (χ0v) is 11.9. The molecule has 18 heavy (non-hydrogen) atoms. The molecule has 100 valence electrons. The fourth-order valence-corrected chi connectivity index (χ4v) is 1.70. The molecule has 1 aromatic rings. The molecule has 0 saturated heterocycles. The largest absolute Gasteiger partial charge is 0.487 e. The van der Waals surface area contributed by atoms with Gasteiger partial charge in [0.05, 0.1) is 0 Å². The summed E-state index contributed by atoms with van der Waals surface area (Å²) >= 11 is 0. The molecular formula is C15H24N2O. The summed E-state index contributed by atoms with van der Waals surface area (Å²) in [5, 5.41) is 3.52. The molecule has 0 aliphatic heterocycles. The molecular weight excluding hydrogens is 224 g/mol. The number of pyridine rings is 1. The molecule has 0 aromatic carbocycles. The van der Waals surface area contributed by atoms with Gasteiger partial charge in [-0.15, -0.1) is 0 Å². The van der Waals surface area contributed by atoms with Gasteiger partial charge in [0, 0.05) is 36.1 Å². The highest BCUT2D eigenvalue weighted by molar-refractivity contribution is 5.33. The van der Waals surface area contributed by atoms with Gasteiger partial charge in [-0.1, -0.05) is 6.92 Å². The first-order valence-corrected chi connectivity index (χ1v) is 6.88. The van der Waals surface area contributed by atoms with Crippen LogP contribution in [0.25, 0.3) is 0 Å². The van der Waals surface area contributed by atoms with Gasteiger partial charge in [-0.3, -0.25) is 4.98 Å². The molecule has 3 nitrogen and oxygen atoms in total. The maximum Gasteiger partial charge on any atom is 0.127 e. The number of aromatic nitrogens is 1. The Morgan fingerprint density at radius 2 is 2.17 bits per heavy atom. The van der Waals surface area contributed by atoms with Crippen molar-refractivity contribution in [3.8, 4) is 5.75 Å². The summed E-state index contributed by atoms with van der Waals surface area (Å²) in [6, 6.07) is 2.75. The summed E-state index contributed by atoms with van der Waals surface area (Å²) in [7, 11) is 0. The van der Waals surface area contributed by atoms with Gasteiger partial charge >= 0.3 is 0 Å². The van der Waals surface area contributed by atoms with Crippen LogP contribution in [0.5, 0.6) is 5.75 Å². The molecule has 0 radical (unpaired) electrons. The Morgan fingerprint density at radius 1 is 1.44 bits per heavy atom. The Hall–Kier alpha value is -1.09. The lowest BCUT2D eigenvalue weighted by Crippen LogP contribution is -2.28.